The molecule has 1 fully saturated rings. The second-order valence-corrected chi connectivity index (χ2v) is 15.6. The molecule has 1 heterocycles. The third kappa shape index (κ3) is 32.2. The quantitative estimate of drug-likeness (QED) is 0.0500. The number of amides is 1. The Kier molecular flexibility index (Phi) is 37.1. The highest BCUT2D eigenvalue weighted by Gasteiger charge is 2.29. The van der Waals surface area contributed by atoms with Crippen LogP contribution in [-0.4, -0.2) is 69.1 Å². The minimum Gasteiger partial charge on any atom is -0.379 e. The fourth-order valence-electron chi connectivity index (χ4n) is 7.15. The van der Waals surface area contributed by atoms with E-state index in [4.69, 9.17) is 19.9 Å². The summed E-state index contributed by atoms with van der Waals surface area (Å²) in [6, 6.07) is 0. The van der Waals surface area contributed by atoms with Gasteiger partial charge >= 0.3 is 0 Å². The lowest BCUT2D eigenvalue weighted by atomic mass is 10.1. The van der Waals surface area contributed by atoms with Crippen LogP contribution in [-0.2, 0) is 19.0 Å². The number of nitrogens with two attached hydrogens (primary N) is 1. The van der Waals surface area contributed by atoms with Crippen LogP contribution in [0.3, 0.4) is 0 Å². The van der Waals surface area contributed by atoms with E-state index in [2.05, 4.69) is 43.1 Å². The number of hydrogen-bond acceptors (Lipinski definition) is 5. The van der Waals surface area contributed by atoms with E-state index in [9.17, 15) is 4.79 Å². The van der Waals surface area contributed by atoms with E-state index in [-0.39, 0.29) is 0 Å². The van der Waals surface area contributed by atoms with E-state index in [1.165, 1.54) is 173 Å². The summed E-state index contributed by atoms with van der Waals surface area (Å²) in [5.41, 5.74) is 5.85. The summed E-state index contributed by atoms with van der Waals surface area (Å²) in [7, 11) is 0. The van der Waals surface area contributed by atoms with Crippen LogP contribution in [0.15, 0.2) is 24.3 Å². The third-order valence-corrected chi connectivity index (χ3v) is 10.6. The van der Waals surface area contributed by atoms with E-state index < -0.39 is 18.1 Å². The average molecular weight is 733 g/mol. The number of ether oxygens (including phenoxy) is 3. The molecule has 6 heteroatoms. The fraction of sp³-hybridized carbons (Fsp3) is 0.891. The molecule has 0 bridgehead atoms. The largest absolute Gasteiger partial charge is 0.379 e. The van der Waals surface area contributed by atoms with E-state index in [1.807, 2.05) is 0 Å². The van der Waals surface area contributed by atoms with E-state index in [1.54, 1.807) is 0 Å². The van der Waals surface area contributed by atoms with Gasteiger partial charge in [0.1, 0.15) is 6.10 Å². The van der Waals surface area contributed by atoms with E-state index in [0.717, 1.165) is 38.9 Å². The maximum Gasteiger partial charge on any atom is 0.249 e. The maximum atomic E-state index is 12.5. The van der Waals surface area contributed by atoms with Gasteiger partial charge in [0.2, 0.25) is 5.91 Å². The summed E-state index contributed by atoms with van der Waals surface area (Å²) in [6.07, 6.45) is 46.8. The highest BCUT2D eigenvalue weighted by atomic mass is 16.6. The van der Waals surface area contributed by atoms with Gasteiger partial charge in [0, 0.05) is 19.8 Å². The van der Waals surface area contributed by atoms with Crippen molar-refractivity contribution in [3.05, 3.63) is 24.3 Å². The van der Waals surface area contributed by atoms with E-state index >= 15 is 0 Å². The SMILES string of the molecule is CCCCCCCC/C=C\CCCCCCCCOCC(OCCN1CCCC1)C(OCCCCCCCC/C=C\CCCCCCCC)C(N)=O. The number of carbonyl (C=O) groups excluding carboxylic acids is 1. The second-order valence-electron chi connectivity index (χ2n) is 15.6. The van der Waals surface area contributed by atoms with Gasteiger partial charge in [-0.1, -0.05) is 154 Å². The van der Waals surface area contributed by atoms with Gasteiger partial charge in [0.25, 0.3) is 0 Å². The Labute approximate surface area is 323 Å². The lowest BCUT2D eigenvalue weighted by Crippen LogP contribution is -2.46. The average Bonchev–Trinajstić information content (AvgIpc) is 3.67. The van der Waals surface area contributed by atoms with Gasteiger partial charge < -0.3 is 24.8 Å². The number of primary amides is 1. The van der Waals surface area contributed by atoms with Gasteiger partial charge in [-0.2, -0.15) is 0 Å². The summed E-state index contributed by atoms with van der Waals surface area (Å²) in [6.45, 7) is 9.85. The number of likely N-dealkylation sites (tertiary alicyclic amines) is 1. The van der Waals surface area contributed by atoms with Crippen molar-refractivity contribution in [1.29, 1.82) is 0 Å². The molecule has 0 saturated carbocycles. The lowest BCUT2D eigenvalue weighted by molar-refractivity contribution is -0.148. The predicted molar refractivity (Wildman–Crippen MR) is 224 cm³/mol. The summed E-state index contributed by atoms with van der Waals surface area (Å²) in [4.78, 5) is 14.9. The van der Waals surface area contributed by atoms with Gasteiger partial charge in [-0.25, -0.2) is 0 Å². The molecular weight excluding hydrogens is 645 g/mol. The van der Waals surface area contributed by atoms with Crippen LogP contribution in [0.5, 0.6) is 0 Å². The fourth-order valence-corrected chi connectivity index (χ4v) is 7.15. The van der Waals surface area contributed by atoms with Crippen LogP contribution in [0.25, 0.3) is 0 Å². The van der Waals surface area contributed by atoms with Crippen molar-refractivity contribution in [3.8, 4) is 0 Å². The van der Waals surface area contributed by atoms with Crippen LogP contribution in [0.4, 0.5) is 0 Å². The Morgan fingerprint density at radius 2 is 0.942 bits per heavy atom. The molecule has 1 aliphatic heterocycles. The Balaban J connectivity index is 2.17. The van der Waals surface area contributed by atoms with Crippen LogP contribution in [0, 0.1) is 0 Å². The molecule has 0 radical (unpaired) electrons. The number of hydrogen-bond donors (Lipinski definition) is 1. The number of unbranched alkanes of at least 4 members (excludes halogenated alkanes) is 24. The van der Waals surface area contributed by atoms with Crippen LogP contribution in [0.1, 0.15) is 206 Å². The standard InChI is InChI=1S/C46H88N2O4/c1-3-5-7-9-11-13-15-17-19-21-23-25-27-29-31-35-40-50-43-44(51-42-39-48-37-33-34-38-48)45(46(47)49)52-41-36-32-30-28-26-24-22-20-18-16-14-12-10-8-6-4-2/h17-20,44-45H,3-16,21-43H2,1-2H3,(H2,47,49)/b19-17-,20-18-. The molecule has 0 aromatic heterocycles. The third-order valence-electron chi connectivity index (χ3n) is 10.6. The number of nitrogens with zero attached hydrogens (tertiary/aromatic N) is 1. The lowest BCUT2D eigenvalue weighted by Gasteiger charge is -2.26. The molecule has 2 atom stereocenters. The minimum atomic E-state index is -0.762. The topological polar surface area (TPSA) is 74.0 Å². The zero-order valence-corrected chi connectivity index (χ0v) is 34.8. The molecule has 52 heavy (non-hydrogen) atoms. The first kappa shape index (κ1) is 48.8. The highest BCUT2D eigenvalue weighted by Crippen LogP contribution is 2.14. The predicted octanol–water partition coefficient (Wildman–Crippen LogP) is 12.4. The van der Waals surface area contributed by atoms with Crippen molar-refractivity contribution in [3.63, 3.8) is 0 Å². The summed E-state index contributed by atoms with van der Waals surface area (Å²) >= 11 is 0. The molecular formula is C46H88N2O4. The van der Waals surface area contributed by atoms with Crippen molar-refractivity contribution in [2.24, 2.45) is 5.73 Å². The zero-order valence-electron chi connectivity index (χ0n) is 34.8. The van der Waals surface area contributed by atoms with E-state index in [0.29, 0.717) is 26.4 Å². The molecule has 1 aliphatic rings. The van der Waals surface area contributed by atoms with Crippen molar-refractivity contribution in [2.75, 3.05) is 46.1 Å². The second kappa shape index (κ2) is 39.5. The molecule has 0 aromatic carbocycles. The molecule has 1 amide bonds. The first-order valence-electron chi connectivity index (χ1n) is 22.8. The molecule has 0 aromatic rings. The summed E-state index contributed by atoms with van der Waals surface area (Å²) in [5.74, 6) is -0.448. The number of rotatable bonds is 41. The minimum absolute atomic E-state index is 0.353. The summed E-state index contributed by atoms with van der Waals surface area (Å²) in [5, 5.41) is 0. The zero-order chi connectivity index (χ0) is 37.4. The monoisotopic (exact) mass is 733 g/mol. The van der Waals surface area contributed by atoms with Crippen molar-refractivity contribution >= 4 is 5.91 Å². The first-order chi connectivity index (χ1) is 25.7. The maximum absolute atomic E-state index is 12.5. The van der Waals surface area contributed by atoms with Gasteiger partial charge in [0.05, 0.1) is 13.2 Å². The normalized spacial score (nSPS) is 15.0. The molecule has 0 aliphatic carbocycles. The van der Waals surface area contributed by atoms with Crippen molar-refractivity contribution in [2.45, 2.75) is 219 Å². The Morgan fingerprint density at radius 1 is 0.538 bits per heavy atom. The van der Waals surface area contributed by atoms with Gasteiger partial charge in [-0.15, -0.1) is 0 Å². The molecule has 1 rings (SSSR count). The van der Waals surface area contributed by atoms with Crippen LogP contribution >= 0.6 is 0 Å². The Bertz CT molecular complexity index is 797. The van der Waals surface area contributed by atoms with Crippen molar-refractivity contribution < 1.29 is 19.0 Å². The van der Waals surface area contributed by atoms with Gasteiger partial charge in [-0.3, -0.25) is 4.79 Å². The molecule has 2 N–H and O–H groups in total. The first-order valence-corrected chi connectivity index (χ1v) is 22.8. The molecule has 2 unspecified atom stereocenters. The number of allylic oxidation sites excluding steroid dienone is 4. The Morgan fingerprint density at radius 3 is 1.38 bits per heavy atom. The molecule has 306 valence electrons. The summed E-state index contributed by atoms with van der Waals surface area (Å²) < 4.78 is 18.4. The van der Waals surface area contributed by atoms with Gasteiger partial charge in [0.15, 0.2) is 6.10 Å². The Hall–Kier alpha value is -1.21. The van der Waals surface area contributed by atoms with Crippen molar-refractivity contribution in [1.82, 2.24) is 4.90 Å². The van der Waals surface area contributed by atoms with Crippen LogP contribution < -0.4 is 5.73 Å². The smallest absolute Gasteiger partial charge is 0.249 e. The highest BCUT2D eigenvalue weighted by molar-refractivity contribution is 5.79. The van der Waals surface area contributed by atoms with Crippen LogP contribution in [0.2, 0.25) is 0 Å². The molecule has 6 nitrogen and oxygen atoms in total. The molecule has 1 saturated heterocycles. The molecule has 0 spiro atoms. The number of carbonyl (C=O) groups is 1. The van der Waals surface area contributed by atoms with Gasteiger partial charge in [-0.05, 0) is 90.1 Å².